The summed E-state index contributed by atoms with van der Waals surface area (Å²) in [5, 5.41) is 7.17. The first-order valence-corrected chi connectivity index (χ1v) is 9.34. The van der Waals surface area contributed by atoms with Gasteiger partial charge in [0.15, 0.2) is 0 Å². The van der Waals surface area contributed by atoms with Gasteiger partial charge in [-0.2, -0.15) is 5.10 Å². The fourth-order valence-corrected chi connectivity index (χ4v) is 3.52. The molecule has 6 nitrogen and oxygen atoms in total. The molecule has 1 fully saturated rings. The van der Waals surface area contributed by atoms with E-state index in [9.17, 15) is 4.79 Å². The fraction of sp³-hybridized carbons (Fsp3) is 0.350. The number of fused-ring (bicyclic) bond motifs is 1. The second kappa shape index (κ2) is 7.29. The summed E-state index contributed by atoms with van der Waals surface area (Å²) >= 11 is 6.18. The number of aromatic nitrogens is 3. The number of benzene rings is 1. The number of carbonyl (C=O) groups is 1. The molecule has 1 aliphatic heterocycles. The summed E-state index contributed by atoms with van der Waals surface area (Å²) in [5.74, 6) is 0.00589. The van der Waals surface area contributed by atoms with Gasteiger partial charge in [-0.3, -0.25) is 14.5 Å². The number of rotatable bonds is 3. The van der Waals surface area contributed by atoms with Gasteiger partial charge < -0.3 is 9.64 Å². The summed E-state index contributed by atoms with van der Waals surface area (Å²) in [4.78, 5) is 19.1. The van der Waals surface area contributed by atoms with Gasteiger partial charge in [-0.05, 0) is 25.3 Å². The van der Waals surface area contributed by atoms with Gasteiger partial charge in [0.05, 0.1) is 35.3 Å². The van der Waals surface area contributed by atoms with Crippen LogP contribution in [0.2, 0.25) is 5.02 Å². The molecule has 1 amide bonds. The van der Waals surface area contributed by atoms with Crippen molar-refractivity contribution in [1.29, 1.82) is 0 Å². The third kappa shape index (κ3) is 3.55. The second-order valence-corrected chi connectivity index (χ2v) is 7.18. The largest absolute Gasteiger partial charge is 0.368 e. The lowest BCUT2D eigenvalue weighted by Crippen LogP contribution is -2.44. The van der Waals surface area contributed by atoms with E-state index in [0.717, 1.165) is 27.9 Å². The van der Waals surface area contributed by atoms with Gasteiger partial charge in [0.1, 0.15) is 12.6 Å². The number of halogens is 1. The van der Waals surface area contributed by atoms with Gasteiger partial charge in [-0.25, -0.2) is 0 Å². The summed E-state index contributed by atoms with van der Waals surface area (Å²) in [7, 11) is 0. The minimum atomic E-state index is -0.226. The molecule has 1 atom stereocenters. The minimum absolute atomic E-state index is 0.00589. The van der Waals surface area contributed by atoms with E-state index in [1.54, 1.807) is 4.68 Å². The molecule has 2 aromatic heterocycles. The average molecular weight is 385 g/mol. The number of pyridine rings is 1. The molecule has 1 aromatic carbocycles. The highest BCUT2D eigenvalue weighted by molar-refractivity contribution is 6.31. The molecule has 140 valence electrons. The molecule has 0 spiro atoms. The maximum atomic E-state index is 12.8. The zero-order valence-corrected chi connectivity index (χ0v) is 16.1. The van der Waals surface area contributed by atoms with Crippen LogP contribution in [0.15, 0.2) is 36.5 Å². The smallest absolute Gasteiger partial charge is 0.244 e. The van der Waals surface area contributed by atoms with Crippen LogP contribution < -0.4 is 0 Å². The topological polar surface area (TPSA) is 60.2 Å². The van der Waals surface area contributed by atoms with Crippen molar-refractivity contribution in [3.8, 4) is 0 Å². The Morgan fingerprint density at radius 3 is 2.81 bits per heavy atom. The van der Waals surface area contributed by atoms with Crippen molar-refractivity contribution in [2.24, 2.45) is 0 Å². The van der Waals surface area contributed by atoms with Gasteiger partial charge in [0.25, 0.3) is 0 Å². The third-order valence-electron chi connectivity index (χ3n) is 4.98. The predicted molar refractivity (Wildman–Crippen MR) is 104 cm³/mol. The van der Waals surface area contributed by atoms with Gasteiger partial charge in [0.2, 0.25) is 5.91 Å². The molecule has 3 heterocycles. The first-order valence-electron chi connectivity index (χ1n) is 8.96. The molecule has 1 saturated heterocycles. The van der Waals surface area contributed by atoms with Crippen molar-refractivity contribution >= 4 is 28.3 Å². The first-order chi connectivity index (χ1) is 13.0. The number of hydrogen-bond acceptors (Lipinski definition) is 4. The van der Waals surface area contributed by atoms with Crippen LogP contribution in [0.4, 0.5) is 0 Å². The fourth-order valence-electron chi connectivity index (χ4n) is 3.39. The molecule has 0 saturated carbocycles. The number of aryl methyl sites for hydroxylation is 1. The Balaban J connectivity index is 1.49. The second-order valence-electron chi connectivity index (χ2n) is 6.80. The molecular formula is C20H21ClN4O2. The number of hydrogen-bond donors (Lipinski definition) is 0. The van der Waals surface area contributed by atoms with Crippen LogP contribution in [-0.2, 0) is 16.1 Å². The predicted octanol–water partition coefficient (Wildman–Crippen LogP) is 3.30. The third-order valence-corrected chi connectivity index (χ3v) is 5.53. The van der Waals surface area contributed by atoms with Crippen molar-refractivity contribution in [1.82, 2.24) is 19.7 Å². The lowest BCUT2D eigenvalue weighted by Gasteiger charge is -2.32. The lowest BCUT2D eigenvalue weighted by atomic mass is 10.1. The molecule has 7 heteroatoms. The summed E-state index contributed by atoms with van der Waals surface area (Å²) < 4.78 is 7.56. The zero-order chi connectivity index (χ0) is 19.0. The molecule has 27 heavy (non-hydrogen) atoms. The van der Waals surface area contributed by atoms with Gasteiger partial charge in [0, 0.05) is 18.1 Å². The molecule has 0 aliphatic carbocycles. The summed E-state index contributed by atoms with van der Waals surface area (Å²) in [6.45, 7) is 5.43. The summed E-state index contributed by atoms with van der Waals surface area (Å²) in [5.41, 5.74) is 2.39. The number of morpholine rings is 1. The van der Waals surface area contributed by atoms with Gasteiger partial charge in [-0.15, -0.1) is 0 Å². The highest BCUT2D eigenvalue weighted by Gasteiger charge is 2.27. The maximum absolute atomic E-state index is 12.8. The Labute approximate surface area is 162 Å². The minimum Gasteiger partial charge on any atom is -0.368 e. The van der Waals surface area contributed by atoms with E-state index >= 15 is 0 Å². The van der Waals surface area contributed by atoms with Crippen molar-refractivity contribution < 1.29 is 9.53 Å². The Morgan fingerprint density at radius 1 is 1.30 bits per heavy atom. The van der Waals surface area contributed by atoms with Crippen molar-refractivity contribution in [2.75, 3.05) is 19.7 Å². The molecule has 0 radical (unpaired) electrons. The van der Waals surface area contributed by atoms with E-state index in [4.69, 9.17) is 16.3 Å². The van der Waals surface area contributed by atoms with E-state index in [0.29, 0.717) is 24.7 Å². The molecule has 0 bridgehead atoms. The van der Waals surface area contributed by atoms with E-state index in [1.807, 2.05) is 49.2 Å². The summed E-state index contributed by atoms with van der Waals surface area (Å²) in [6.07, 6.45) is 1.63. The van der Waals surface area contributed by atoms with E-state index < -0.39 is 0 Å². The summed E-state index contributed by atoms with van der Waals surface area (Å²) in [6, 6.07) is 10.1. The Morgan fingerprint density at radius 2 is 2.07 bits per heavy atom. The van der Waals surface area contributed by atoms with Crippen LogP contribution >= 0.6 is 11.6 Å². The average Bonchev–Trinajstić information content (AvgIpc) is 2.94. The maximum Gasteiger partial charge on any atom is 0.244 e. The Bertz CT molecular complexity index is 1000. The lowest BCUT2D eigenvalue weighted by molar-refractivity contribution is -0.140. The zero-order valence-electron chi connectivity index (χ0n) is 15.4. The number of amides is 1. The molecule has 3 aromatic rings. The molecule has 4 rings (SSSR count). The number of nitrogens with zero attached hydrogens (tertiary/aromatic N) is 4. The quantitative estimate of drug-likeness (QED) is 0.695. The molecule has 0 unspecified atom stereocenters. The van der Waals surface area contributed by atoms with Crippen LogP contribution in [0, 0.1) is 13.8 Å². The van der Waals surface area contributed by atoms with Gasteiger partial charge >= 0.3 is 0 Å². The molecule has 1 aliphatic rings. The van der Waals surface area contributed by atoms with Gasteiger partial charge in [-0.1, -0.05) is 35.9 Å². The van der Waals surface area contributed by atoms with E-state index in [1.165, 1.54) is 0 Å². The Hall–Kier alpha value is -2.44. The monoisotopic (exact) mass is 384 g/mol. The van der Waals surface area contributed by atoms with Crippen LogP contribution in [0.25, 0.3) is 10.8 Å². The molecule has 0 N–H and O–H groups in total. The van der Waals surface area contributed by atoms with E-state index in [-0.39, 0.29) is 18.6 Å². The normalized spacial score (nSPS) is 17.4. The highest BCUT2D eigenvalue weighted by Crippen LogP contribution is 2.24. The van der Waals surface area contributed by atoms with Crippen LogP contribution in [-0.4, -0.2) is 45.3 Å². The standard InChI is InChI=1S/C20H21ClN4O2/c1-13-20(21)14(2)25(23-13)12-19(26)24-7-8-27-18(11-24)17-9-15-5-3-4-6-16(15)10-22-17/h3-6,9-10,18H,7-8,11-12H2,1-2H3/t18-/m1/s1. The Kier molecular flexibility index (Phi) is 4.85. The van der Waals surface area contributed by atoms with E-state index in [2.05, 4.69) is 16.1 Å². The SMILES string of the molecule is Cc1nn(CC(=O)N2CCO[C@@H](c3cc4ccccc4cn3)C2)c(C)c1Cl. The van der Waals surface area contributed by atoms with Crippen LogP contribution in [0.5, 0.6) is 0 Å². The highest BCUT2D eigenvalue weighted by atomic mass is 35.5. The van der Waals surface area contributed by atoms with Crippen molar-refractivity contribution in [3.63, 3.8) is 0 Å². The van der Waals surface area contributed by atoms with Crippen LogP contribution in [0.3, 0.4) is 0 Å². The van der Waals surface area contributed by atoms with Crippen molar-refractivity contribution in [3.05, 3.63) is 58.6 Å². The van der Waals surface area contributed by atoms with Crippen molar-refractivity contribution in [2.45, 2.75) is 26.5 Å². The first kappa shape index (κ1) is 17.9. The number of ether oxygens (including phenoxy) is 1. The number of carbonyl (C=O) groups excluding carboxylic acids is 1. The van der Waals surface area contributed by atoms with Crippen LogP contribution in [0.1, 0.15) is 23.2 Å². The molecular weight excluding hydrogens is 364 g/mol.